The molecule has 0 saturated carbocycles. The van der Waals surface area contributed by atoms with Crippen LogP contribution in [-0.4, -0.2) is 32.0 Å². The van der Waals surface area contributed by atoms with Gasteiger partial charge in [-0.3, -0.25) is 4.79 Å². The zero-order valence-electron chi connectivity index (χ0n) is 17.1. The second-order valence-corrected chi connectivity index (χ2v) is 10.1. The number of benzene rings is 3. The molecule has 3 aromatic carbocycles. The minimum absolute atomic E-state index is 0.000919. The van der Waals surface area contributed by atoms with Gasteiger partial charge in [-0.2, -0.15) is 0 Å². The van der Waals surface area contributed by atoms with Gasteiger partial charge in [0.2, 0.25) is 0 Å². The molecule has 158 valence electrons. The van der Waals surface area contributed by atoms with Crippen LogP contribution in [0.5, 0.6) is 0 Å². The molecule has 6 heteroatoms. The third-order valence-electron chi connectivity index (χ3n) is 5.40. The molecule has 0 radical (unpaired) electrons. The Morgan fingerprint density at radius 3 is 2.06 bits per heavy atom. The Morgan fingerprint density at radius 1 is 0.903 bits per heavy atom. The molecule has 0 atom stereocenters. The number of carbonyl (C=O) groups is 1. The van der Waals surface area contributed by atoms with Crippen LogP contribution in [-0.2, 0) is 21.2 Å². The highest BCUT2D eigenvalue weighted by Crippen LogP contribution is 2.34. The van der Waals surface area contributed by atoms with E-state index in [-0.39, 0.29) is 10.8 Å². The fourth-order valence-electron chi connectivity index (χ4n) is 3.83. The molecule has 1 aliphatic rings. The number of carbonyl (C=O) groups excluding carboxylic acids is 1. The zero-order chi connectivity index (χ0) is 22.0. The van der Waals surface area contributed by atoms with Gasteiger partial charge in [-0.25, -0.2) is 8.42 Å². The summed E-state index contributed by atoms with van der Waals surface area (Å²) in [5, 5.41) is 0.615. The average Bonchev–Trinajstić information content (AvgIpc) is 3.10. The predicted octanol–water partition coefficient (Wildman–Crippen LogP) is 4.98. The Kier molecular flexibility index (Phi) is 5.99. The first-order valence-electron chi connectivity index (χ1n) is 9.96. The van der Waals surface area contributed by atoms with E-state index in [9.17, 15) is 13.2 Å². The van der Waals surface area contributed by atoms with Crippen LogP contribution in [0, 0.1) is 0 Å². The molecule has 3 aromatic rings. The molecule has 1 amide bonds. The predicted molar refractivity (Wildman–Crippen MR) is 124 cm³/mol. The van der Waals surface area contributed by atoms with Gasteiger partial charge < -0.3 is 4.90 Å². The maximum absolute atomic E-state index is 13.3. The van der Waals surface area contributed by atoms with Crippen LogP contribution in [0.3, 0.4) is 0 Å². The van der Waals surface area contributed by atoms with Crippen molar-refractivity contribution in [1.82, 2.24) is 4.90 Å². The first kappa shape index (κ1) is 21.3. The number of hydrogen-bond donors (Lipinski definition) is 0. The highest BCUT2D eigenvalue weighted by molar-refractivity contribution is 7.90. The van der Waals surface area contributed by atoms with Gasteiger partial charge in [0.25, 0.3) is 5.91 Å². The van der Waals surface area contributed by atoms with E-state index in [2.05, 4.69) is 0 Å². The summed E-state index contributed by atoms with van der Waals surface area (Å²) in [4.78, 5) is 15.4. The Bertz CT molecular complexity index is 1230. The third-order valence-corrected chi connectivity index (χ3v) is 6.78. The van der Waals surface area contributed by atoms with E-state index in [0.717, 1.165) is 27.8 Å². The maximum atomic E-state index is 13.3. The van der Waals surface area contributed by atoms with Crippen molar-refractivity contribution in [1.29, 1.82) is 0 Å². The number of hydrogen-bond acceptors (Lipinski definition) is 3. The van der Waals surface area contributed by atoms with Crippen LogP contribution in [0.25, 0.3) is 5.57 Å². The molecule has 4 rings (SSSR count). The normalized spacial score (nSPS) is 15.9. The van der Waals surface area contributed by atoms with E-state index < -0.39 is 9.84 Å². The van der Waals surface area contributed by atoms with Gasteiger partial charge in [0.05, 0.1) is 4.90 Å². The summed E-state index contributed by atoms with van der Waals surface area (Å²) in [6.07, 6.45) is 1.81. The van der Waals surface area contributed by atoms with Crippen molar-refractivity contribution >= 4 is 32.9 Å². The number of sulfone groups is 1. The molecule has 0 aromatic heterocycles. The molecule has 0 aliphatic carbocycles. The van der Waals surface area contributed by atoms with Gasteiger partial charge in [-0.1, -0.05) is 66.2 Å². The van der Waals surface area contributed by atoms with Gasteiger partial charge in [0, 0.05) is 29.9 Å². The molecule has 1 fully saturated rings. The monoisotopic (exact) mass is 451 g/mol. The van der Waals surface area contributed by atoms with Crippen LogP contribution in [0.4, 0.5) is 0 Å². The number of rotatable bonds is 5. The lowest BCUT2D eigenvalue weighted by molar-refractivity contribution is -0.125. The fraction of sp³-hybridized carbons (Fsp3) is 0.160. The van der Waals surface area contributed by atoms with Crippen LogP contribution in [0.1, 0.15) is 23.1 Å². The summed E-state index contributed by atoms with van der Waals surface area (Å²) >= 11 is 6.08. The minimum Gasteiger partial charge on any atom is -0.334 e. The van der Waals surface area contributed by atoms with Gasteiger partial charge in [-0.05, 0) is 52.9 Å². The standard InChI is InChI=1S/C25H22ClNO3S/c1-31(29,30)22-13-9-20(10-14-22)24(19-7-11-21(26)12-8-19)23-15-16-27(25(23)28)17-18-5-3-2-4-6-18/h2-14H,15-17H2,1H3/b24-23+. The van der Waals surface area contributed by atoms with Crippen LogP contribution in [0.2, 0.25) is 5.02 Å². The third kappa shape index (κ3) is 4.73. The SMILES string of the molecule is CS(=O)(=O)c1ccc(/C(=C2\CCN(Cc3ccccc3)C2=O)c2ccc(Cl)cc2)cc1. The first-order chi connectivity index (χ1) is 14.8. The summed E-state index contributed by atoms with van der Waals surface area (Å²) in [7, 11) is -3.30. The Morgan fingerprint density at radius 2 is 1.48 bits per heavy atom. The van der Waals surface area contributed by atoms with Crippen molar-refractivity contribution < 1.29 is 13.2 Å². The van der Waals surface area contributed by atoms with Gasteiger partial charge in [-0.15, -0.1) is 0 Å². The molecule has 1 aliphatic heterocycles. The molecule has 31 heavy (non-hydrogen) atoms. The molecule has 1 saturated heterocycles. The fourth-order valence-corrected chi connectivity index (χ4v) is 4.59. The van der Waals surface area contributed by atoms with E-state index in [0.29, 0.717) is 24.5 Å². The Balaban J connectivity index is 1.76. The summed E-state index contributed by atoms with van der Waals surface area (Å²) in [5.41, 5.74) is 4.31. The molecular weight excluding hydrogens is 430 g/mol. The molecule has 0 N–H and O–H groups in total. The van der Waals surface area contributed by atoms with Crippen molar-refractivity contribution in [3.63, 3.8) is 0 Å². The van der Waals surface area contributed by atoms with Crippen molar-refractivity contribution in [3.05, 3.63) is 106 Å². The van der Waals surface area contributed by atoms with E-state index in [1.54, 1.807) is 36.4 Å². The van der Waals surface area contributed by atoms with Crippen molar-refractivity contribution in [3.8, 4) is 0 Å². The maximum Gasteiger partial charge on any atom is 0.250 e. The van der Waals surface area contributed by atoms with E-state index in [1.165, 1.54) is 6.26 Å². The molecule has 4 nitrogen and oxygen atoms in total. The molecular formula is C25H22ClNO3S. The van der Waals surface area contributed by atoms with E-state index in [4.69, 9.17) is 11.6 Å². The van der Waals surface area contributed by atoms with Gasteiger partial charge in [0.15, 0.2) is 9.84 Å². The highest BCUT2D eigenvalue weighted by Gasteiger charge is 2.29. The second-order valence-electron chi connectivity index (χ2n) is 7.62. The van der Waals surface area contributed by atoms with Crippen molar-refractivity contribution in [2.45, 2.75) is 17.9 Å². The summed E-state index contributed by atoms with van der Waals surface area (Å²) < 4.78 is 23.7. The quantitative estimate of drug-likeness (QED) is 0.514. The number of likely N-dealkylation sites (tertiary alicyclic amines) is 1. The van der Waals surface area contributed by atoms with Crippen LogP contribution < -0.4 is 0 Å². The van der Waals surface area contributed by atoms with Crippen LogP contribution >= 0.6 is 11.6 Å². The van der Waals surface area contributed by atoms with Gasteiger partial charge >= 0.3 is 0 Å². The molecule has 0 unspecified atom stereocenters. The smallest absolute Gasteiger partial charge is 0.250 e. The summed E-state index contributed by atoms with van der Waals surface area (Å²) in [6.45, 7) is 1.20. The molecule has 1 heterocycles. The molecule has 0 bridgehead atoms. The molecule has 0 spiro atoms. The lowest BCUT2D eigenvalue weighted by Gasteiger charge is -2.17. The minimum atomic E-state index is -3.30. The number of halogens is 1. The zero-order valence-corrected chi connectivity index (χ0v) is 18.7. The van der Waals surface area contributed by atoms with E-state index >= 15 is 0 Å². The van der Waals surface area contributed by atoms with Crippen molar-refractivity contribution in [2.75, 3.05) is 12.8 Å². The van der Waals surface area contributed by atoms with Crippen molar-refractivity contribution in [2.24, 2.45) is 0 Å². The van der Waals surface area contributed by atoms with Crippen LogP contribution in [0.15, 0.2) is 89.3 Å². The summed E-state index contributed by atoms with van der Waals surface area (Å²) in [6, 6.07) is 24.0. The lowest BCUT2D eigenvalue weighted by atomic mass is 9.92. The Hall–Kier alpha value is -2.89. The topological polar surface area (TPSA) is 54.5 Å². The lowest BCUT2D eigenvalue weighted by Crippen LogP contribution is -2.24. The summed E-state index contributed by atoms with van der Waals surface area (Å²) in [5.74, 6) is 0.000919. The number of amides is 1. The number of nitrogens with zero attached hydrogens (tertiary/aromatic N) is 1. The highest BCUT2D eigenvalue weighted by atomic mass is 35.5. The second kappa shape index (κ2) is 8.69. The van der Waals surface area contributed by atoms with Gasteiger partial charge in [0.1, 0.15) is 0 Å². The average molecular weight is 452 g/mol. The van der Waals surface area contributed by atoms with E-state index in [1.807, 2.05) is 47.4 Å². The Labute approximate surface area is 187 Å². The largest absolute Gasteiger partial charge is 0.334 e. The first-order valence-corrected chi connectivity index (χ1v) is 12.2.